The predicted molar refractivity (Wildman–Crippen MR) is 106 cm³/mol. The van der Waals surface area contributed by atoms with E-state index in [0.29, 0.717) is 0 Å². The Bertz CT molecular complexity index is 834. The average molecular weight is 367 g/mol. The van der Waals surface area contributed by atoms with Crippen LogP contribution in [0.5, 0.6) is 5.75 Å². The summed E-state index contributed by atoms with van der Waals surface area (Å²) >= 11 is 1.72. The number of hydrogen-bond donors (Lipinski definition) is 2. The largest absolute Gasteiger partial charge is 0.497 e. The number of likely N-dealkylation sites (N-methyl/N-ethyl adjacent to an activating group) is 1. The van der Waals surface area contributed by atoms with E-state index in [9.17, 15) is 4.79 Å². The molecular weight excluding hydrogens is 344 g/mol. The Hall–Kier alpha value is -2.63. The molecule has 5 heteroatoms. The minimum absolute atomic E-state index is 0.0292. The molecule has 2 atom stereocenters. The molecule has 1 unspecified atom stereocenters. The summed E-state index contributed by atoms with van der Waals surface area (Å²) in [6.07, 6.45) is 0. The minimum atomic E-state index is -0.301. The van der Waals surface area contributed by atoms with Gasteiger partial charge in [-0.3, -0.25) is 4.79 Å². The normalized spacial score (nSPS) is 13.0. The molecule has 0 spiro atoms. The second-order valence-corrected chi connectivity index (χ2v) is 7.20. The number of anilines is 1. The van der Waals surface area contributed by atoms with Gasteiger partial charge < -0.3 is 15.0 Å². The highest BCUT2D eigenvalue weighted by molar-refractivity contribution is 7.09. The maximum atomic E-state index is 13.1. The summed E-state index contributed by atoms with van der Waals surface area (Å²) in [7, 11) is 3.68. The van der Waals surface area contributed by atoms with Crippen molar-refractivity contribution in [2.75, 3.05) is 19.5 Å². The fourth-order valence-electron chi connectivity index (χ4n) is 3.01. The van der Waals surface area contributed by atoms with Crippen molar-refractivity contribution in [3.63, 3.8) is 0 Å². The smallest absolute Gasteiger partial charge is 0.287 e. The van der Waals surface area contributed by atoms with Crippen LogP contribution in [0.1, 0.15) is 16.5 Å². The van der Waals surface area contributed by atoms with Gasteiger partial charge in [-0.25, -0.2) is 0 Å². The summed E-state index contributed by atoms with van der Waals surface area (Å²) in [5, 5.41) is 5.11. The Morgan fingerprint density at radius 2 is 1.92 bits per heavy atom. The molecule has 0 aliphatic heterocycles. The molecule has 134 valence electrons. The van der Waals surface area contributed by atoms with E-state index in [1.807, 2.05) is 60.7 Å². The van der Waals surface area contributed by atoms with Crippen LogP contribution in [0, 0.1) is 0 Å². The number of carbonyl (C=O) groups excluding carboxylic acids is 1. The van der Waals surface area contributed by atoms with E-state index in [2.05, 4.69) is 23.8 Å². The summed E-state index contributed by atoms with van der Waals surface area (Å²) in [6.45, 7) is 0.794. The van der Waals surface area contributed by atoms with Crippen LogP contribution >= 0.6 is 11.3 Å². The first-order valence-electron chi connectivity index (χ1n) is 8.52. The summed E-state index contributed by atoms with van der Waals surface area (Å²) in [4.78, 5) is 15.5. The zero-order valence-corrected chi connectivity index (χ0v) is 15.8. The summed E-state index contributed by atoms with van der Waals surface area (Å²) < 4.78 is 5.24. The third-order valence-corrected chi connectivity index (χ3v) is 5.13. The van der Waals surface area contributed by atoms with Crippen molar-refractivity contribution in [3.05, 3.63) is 82.6 Å². The average Bonchev–Trinajstić information content (AvgIpc) is 3.16. The van der Waals surface area contributed by atoms with Gasteiger partial charge in [0.2, 0.25) is 0 Å². The van der Waals surface area contributed by atoms with Crippen LogP contribution in [0.25, 0.3) is 0 Å². The number of hydrogen-bond acceptors (Lipinski definition) is 3. The lowest BCUT2D eigenvalue weighted by Gasteiger charge is -2.24. The lowest BCUT2D eigenvalue weighted by Crippen LogP contribution is -3.09. The SMILES string of the molecule is COc1cccc(NC(=O)[C@H](c2ccccc2)[NH+](C)Cc2cccs2)c1. The number of benzene rings is 2. The van der Waals surface area contributed by atoms with Crippen LogP contribution in [0.15, 0.2) is 72.1 Å². The van der Waals surface area contributed by atoms with Gasteiger partial charge in [0, 0.05) is 17.3 Å². The van der Waals surface area contributed by atoms with Gasteiger partial charge in [-0.15, -0.1) is 11.3 Å². The number of amides is 1. The molecule has 1 amide bonds. The number of rotatable bonds is 7. The molecule has 1 aromatic heterocycles. The van der Waals surface area contributed by atoms with Gasteiger partial charge in [0.15, 0.2) is 6.04 Å². The Kier molecular flexibility index (Phi) is 6.04. The van der Waals surface area contributed by atoms with Gasteiger partial charge >= 0.3 is 0 Å². The van der Waals surface area contributed by atoms with Gasteiger partial charge in [0.25, 0.3) is 5.91 Å². The molecule has 2 aromatic carbocycles. The Balaban J connectivity index is 1.83. The topological polar surface area (TPSA) is 42.8 Å². The van der Waals surface area contributed by atoms with Crippen LogP contribution in [-0.2, 0) is 11.3 Å². The number of ether oxygens (including phenoxy) is 1. The third-order valence-electron chi connectivity index (χ3n) is 4.26. The van der Waals surface area contributed by atoms with Gasteiger partial charge in [-0.2, -0.15) is 0 Å². The van der Waals surface area contributed by atoms with E-state index in [0.717, 1.165) is 28.4 Å². The predicted octanol–water partition coefficient (Wildman–Crippen LogP) is 3.15. The van der Waals surface area contributed by atoms with Gasteiger partial charge in [0.1, 0.15) is 12.3 Å². The number of quaternary nitrogens is 1. The monoisotopic (exact) mass is 367 g/mol. The Morgan fingerprint density at radius 3 is 2.62 bits per heavy atom. The highest BCUT2D eigenvalue weighted by Crippen LogP contribution is 2.19. The first-order valence-corrected chi connectivity index (χ1v) is 9.40. The van der Waals surface area contributed by atoms with Gasteiger partial charge in [-0.1, -0.05) is 42.5 Å². The first-order chi connectivity index (χ1) is 12.7. The molecule has 1 heterocycles. The van der Waals surface area contributed by atoms with Crippen LogP contribution in [0.2, 0.25) is 0 Å². The van der Waals surface area contributed by atoms with Crippen molar-refractivity contribution in [2.24, 2.45) is 0 Å². The molecule has 3 aromatic rings. The molecule has 0 aliphatic rings. The summed E-state index contributed by atoms with van der Waals surface area (Å²) in [5.41, 5.74) is 1.74. The molecule has 0 radical (unpaired) electrons. The highest BCUT2D eigenvalue weighted by atomic mass is 32.1. The van der Waals surface area contributed by atoms with Crippen molar-refractivity contribution < 1.29 is 14.4 Å². The van der Waals surface area contributed by atoms with Gasteiger partial charge in [-0.05, 0) is 23.6 Å². The molecule has 3 rings (SSSR count). The van der Waals surface area contributed by atoms with Crippen LogP contribution in [0.4, 0.5) is 5.69 Å². The van der Waals surface area contributed by atoms with E-state index in [-0.39, 0.29) is 11.9 Å². The molecule has 26 heavy (non-hydrogen) atoms. The molecule has 4 nitrogen and oxygen atoms in total. The maximum Gasteiger partial charge on any atom is 0.287 e. The van der Waals surface area contributed by atoms with Gasteiger partial charge in [0.05, 0.1) is 19.0 Å². The van der Waals surface area contributed by atoms with E-state index < -0.39 is 0 Å². The fourth-order valence-corrected chi connectivity index (χ4v) is 3.81. The number of carbonyl (C=O) groups is 1. The molecule has 0 bridgehead atoms. The molecule has 0 saturated heterocycles. The standard InChI is InChI=1S/C21H22N2O2S/c1-23(15-19-12-7-13-26-19)20(16-8-4-3-5-9-16)21(24)22-17-10-6-11-18(14-17)25-2/h3-14,20H,15H2,1-2H3,(H,22,24)/p+1/t20-/m0/s1. The maximum absolute atomic E-state index is 13.1. The van der Waals surface area contributed by atoms with Crippen molar-refractivity contribution in [1.29, 1.82) is 0 Å². The van der Waals surface area contributed by atoms with Crippen molar-refractivity contribution in [3.8, 4) is 5.75 Å². The fraction of sp³-hybridized carbons (Fsp3) is 0.190. The quantitative estimate of drug-likeness (QED) is 0.674. The molecular formula is C21H23N2O2S+. The number of methoxy groups -OCH3 is 1. The molecule has 0 fully saturated rings. The Morgan fingerprint density at radius 1 is 1.12 bits per heavy atom. The van der Waals surface area contributed by atoms with E-state index >= 15 is 0 Å². The van der Waals surface area contributed by atoms with Crippen LogP contribution in [-0.4, -0.2) is 20.1 Å². The van der Waals surface area contributed by atoms with Crippen LogP contribution in [0.3, 0.4) is 0 Å². The van der Waals surface area contributed by atoms with Crippen molar-refractivity contribution in [1.82, 2.24) is 0 Å². The second kappa shape index (κ2) is 8.65. The zero-order chi connectivity index (χ0) is 18.4. The Labute approximate surface area is 158 Å². The summed E-state index contributed by atoms with van der Waals surface area (Å²) in [5.74, 6) is 0.692. The summed E-state index contributed by atoms with van der Waals surface area (Å²) in [6, 6.07) is 21.2. The van der Waals surface area contributed by atoms with Crippen LogP contribution < -0.4 is 15.0 Å². The van der Waals surface area contributed by atoms with Crippen molar-refractivity contribution in [2.45, 2.75) is 12.6 Å². The van der Waals surface area contributed by atoms with Crippen molar-refractivity contribution >= 4 is 22.9 Å². The lowest BCUT2D eigenvalue weighted by molar-refractivity contribution is -0.915. The lowest BCUT2D eigenvalue weighted by atomic mass is 10.0. The highest BCUT2D eigenvalue weighted by Gasteiger charge is 2.29. The molecule has 2 N–H and O–H groups in total. The third kappa shape index (κ3) is 4.50. The second-order valence-electron chi connectivity index (χ2n) is 6.17. The van der Waals surface area contributed by atoms with E-state index in [1.54, 1.807) is 18.4 Å². The van der Waals surface area contributed by atoms with E-state index in [1.165, 1.54) is 4.88 Å². The molecule has 0 saturated carbocycles. The minimum Gasteiger partial charge on any atom is -0.497 e. The molecule has 0 aliphatic carbocycles. The van der Waals surface area contributed by atoms with E-state index in [4.69, 9.17) is 4.74 Å². The number of thiophene rings is 1. The zero-order valence-electron chi connectivity index (χ0n) is 14.9. The first kappa shape index (κ1) is 18.2. The number of nitrogens with one attached hydrogen (secondary N) is 2.